The first-order chi connectivity index (χ1) is 9.71. The summed E-state index contributed by atoms with van der Waals surface area (Å²) >= 11 is 0. The first kappa shape index (κ1) is 13.6. The molecule has 106 valence electrons. The van der Waals surface area contributed by atoms with E-state index < -0.39 is 0 Å². The molecule has 1 heterocycles. The summed E-state index contributed by atoms with van der Waals surface area (Å²) in [5, 5.41) is 8.97. The van der Waals surface area contributed by atoms with Crippen molar-refractivity contribution in [3.63, 3.8) is 0 Å². The smallest absolute Gasteiger partial charge is 0.0918 e. The van der Waals surface area contributed by atoms with E-state index in [-0.39, 0.29) is 11.7 Å². The maximum Gasteiger partial charge on any atom is 0.0918 e. The second-order valence-electron chi connectivity index (χ2n) is 6.23. The summed E-state index contributed by atoms with van der Waals surface area (Å²) in [4.78, 5) is 0. The van der Waals surface area contributed by atoms with Crippen molar-refractivity contribution >= 4 is 0 Å². The molecule has 3 heteroatoms. The summed E-state index contributed by atoms with van der Waals surface area (Å²) in [5.41, 5.74) is 1.03. The third kappa shape index (κ3) is 2.59. The molecule has 1 aliphatic heterocycles. The van der Waals surface area contributed by atoms with Gasteiger partial charge in [-0.15, -0.1) is 0 Å². The molecule has 0 radical (unpaired) electrons. The van der Waals surface area contributed by atoms with Crippen LogP contribution in [0.15, 0.2) is 30.3 Å². The van der Waals surface area contributed by atoms with Crippen molar-refractivity contribution in [3.05, 3.63) is 35.9 Å². The monoisotopic (exact) mass is 271 g/mol. The van der Waals surface area contributed by atoms with Crippen molar-refractivity contribution in [2.24, 2.45) is 11.8 Å². The second-order valence-corrected chi connectivity index (χ2v) is 6.23. The zero-order valence-corrected chi connectivity index (χ0v) is 11.9. The summed E-state index contributed by atoms with van der Waals surface area (Å²) < 4.78 is 12.2. The van der Waals surface area contributed by atoms with Gasteiger partial charge in [-0.25, -0.2) is 0 Å². The van der Waals surface area contributed by atoms with Crippen molar-refractivity contribution in [1.29, 1.82) is 5.26 Å². The Morgan fingerprint density at radius 3 is 2.95 bits per heavy atom. The van der Waals surface area contributed by atoms with E-state index in [1.54, 1.807) is 0 Å². The Labute approximate surface area is 120 Å². The Morgan fingerprint density at radius 2 is 2.20 bits per heavy atom. The normalized spacial score (nSPS) is 35.7. The predicted octanol–water partition coefficient (Wildman–Crippen LogP) is 3.30. The van der Waals surface area contributed by atoms with Gasteiger partial charge in [0.2, 0.25) is 0 Å². The standard InChI is InChI=1S/C17H21NO2/c1-17-10-15(12-20-17)14(7-8-18)9-16(17)19-11-13-5-3-2-4-6-13/h2-6,14-16H,7,9-12H2,1H3/t14-,15+,16+,17+/m1/s1. The first-order valence-corrected chi connectivity index (χ1v) is 7.38. The van der Waals surface area contributed by atoms with Crippen molar-refractivity contribution in [1.82, 2.24) is 0 Å². The van der Waals surface area contributed by atoms with Gasteiger partial charge >= 0.3 is 0 Å². The molecule has 1 aromatic carbocycles. The molecule has 2 bridgehead atoms. The molecule has 2 fully saturated rings. The Kier molecular flexibility index (Phi) is 3.78. The van der Waals surface area contributed by atoms with E-state index in [1.807, 2.05) is 18.2 Å². The Hall–Kier alpha value is -1.37. The molecule has 1 aliphatic carbocycles. The van der Waals surface area contributed by atoms with Crippen LogP contribution < -0.4 is 0 Å². The van der Waals surface area contributed by atoms with Crippen LogP contribution in [-0.2, 0) is 16.1 Å². The van der Waals surface area contributed by atoms with Crippen LogP contribution in [0.5, 0.6) is 0 Å². The van der Waals surface area contributed by atoms with Gasteiger partial charge in [0.25, 0.3) is 0 Å². The number of hydrogen-bond donors (Lipinski definition) is 0. The van der Waals surface area contributed by atoms with E-state index in [0.717, 1.165) is 19.4 Å². The number of rotatable bonds is 4. The molecule has 0 N–H and O–H groups in total. The fraction of sp³-hybridized carbons (Fsp3) is 0.588. The minimum atomic E-state index is -0.161. The minimum absolute atomic E-state index is 0.0970. The number of fused-ring (bicyclic) bond motifs is 2. The van der Waals surface area contributed by atoms with Crippen LogP contribution >= 0.6 is 0 Å². The number of nitriles is 1. The van der Waals surface area contributed by atoms with Crippen LogP contribution in [0.2, 0.25) is 0 Å². The van der Waals surface area contributed by atoms with Crippen LogP contribution in [0.1, 0.15) is 31.7 Å². The zero-order valence-electron chi connectivity index (χ0n) is 11.9. The van der Waals surface area contributed by atoms with E-state index in [4.69, 9.17) is 14.7 Å². The predicted molar refractivity (Wildman–Crippen MR) is 75.8 cm³/mol. The number of ether oxygens (including phenoxy) is 2. The molecule has 1 saturated heterocycles. The van der Waals surface area contributed by atoms with Crippen LogP contribution in [0, 0.1) is 23.2 Å². The highest BCUT2D eigenvalue weighted by atomic mass is 16.6. The zero-order chi connectivity index (χ0) is 14.0. The van der Waals surface area contributed by atoms with E-state index in [9.17, 15) is 0 Å². The topological polar surface area (TPSA) is 42.2 Å². The highest BCUT2D eigenvalue weighted by molar-refractivity contribution is 5.13. The lowest BCUT2D eigenvalue weighted by atomic mass is 9.72. The fourth-order valence-electron chi connectivity index (χ4n) is 3.56. The van der Waals surface area contributed by atoms with Crippen molar-refractivity contribution in [2.45, 2.75) is 44.5 Å². The Balaban J connectivity index is 1.66. The molecule has 0 unspecified atom stereocenters. The van der Waals surface area contributed by atoms with Gasteiger partial charge in [0, 0.05) is 6.42 Å². The number of hydrogen-bond acceptors (Lipinski definition) is 3. The van der Waals surface area contributed by atoms with Gasteiger partial charge in [-0.3, -0.25) is 0 Å². The highest BCUT2D eigenvalue weighted by Gasteiger charge is 2.51. The number of nitrogens with zero attached hydrogens (tertiary/aromatic N) is 1. The second kappa shape index (κ2) is 5.55. The molecular weight excluding hydrogens is 250 g/mol. The van der Waals surface area contributed by atoms with Crippen LogP contribution in [-0.4, -0.2) is 18.3 Å². The third-order valence-corrected chi connectivity index (χ3v) is 4.81. The summed E-state index contributed by atoms with van der Waals surface area (Å²) in [7, 11) is 0. The summed E-state index contributed by atoms with van der Waals surface area (Å²) in [6, 6.07) is 12.5. The molecule has 2 aliphatic rings. The molecule has 4 atom stereocenters. The van der Waals surface area contributed by atoms with E-state index in [2.05, 4.69) is 25.1 Å². The first-order valence-electron chi connectivity index (χ1n) is 7.38. The van der Waals surface area contributed by atoms with Gasteiger partial charge in [-0.05, 0) is 37.2 Å². The molecular formula is C17H21NO2. The highest BCUT2D eigenvalue weighted by Crippen LogP contribution is 2.47. The molecule has 3 rings (SSSR count). The van der Waals surface area contributed by atoms with Crippen LogP contribution in [0.4, 0.5) is 0 Å². The molecule has 0 spiro atoms. The van der Waals surface area contributed by atoms with Crippen LogP contribution in [0.25, 0.3) is 0 Å². The van der Waals surface area contributed by atoms with Gasteiger partial charge in [0.1, 0.15) is 0 Å². The maximum absolute atomic E-state index is 8.97. The van der Waals surface area contributed by atoms with Gasteiger partial charge in [-0.1, -0.05) is 30.3 Å². The SMILES string of the molecule is C[C@@]12C[C@@H](CO1)[C@H](CC#N)C[C@@H]2OCc1ccccc1. The number of benzene rings is 1. The molecule has 0 amide bonds. The largest absolute Gasteiger partial charge is 0.372 e. The molecule has 3 nitrogen and oxygen atoms in total. The molecule has 1 aromatic rings. The maximum atomic E-state index is 8.97. The molecule has 0 aromatic heterocycles. The minimum Gasteiger partial charge on any atom is -0.372 e. The summed E-state index contributed by atoms with van der Waals surface area (Å²) in [6.45, 7) is 3.56. The van der Waals surface area contributed by atoms with E-state index in [0.29, 0.717) is 24.9 Å². The van der Waals surface area contributed by atoms with Crippen molar-refractivity contribution < 1.29 is 9.47 Å². The lowest BCUT2D eigenvalue weighted by Crippen LogP contribution is -2.45. The Bertz CT molecular complexity index is 495. The summed E-state index contributed by atoms with van der Waals surface area (Å²) in [5.74, 6) is 0.965. The average Bonchev–Trinajstić information content (AvgIpc) is 2.81. The lowest BCUT2D eigenvalue weighted by Gasteiger charge is -2.39. The van der Waals surface area contributed by atoms with Gasteiger partial charge in [0.05, 0.1) is 31.0 Å². The van der Waals surface area contributed by atoms with Crippen LogP contribution in [0.3, 0.4) is 0 Å². The lowest BCUT2D eigenvalue weighted by molar-refractivity contribution is -0.124. The molecule has 20 heavy (non-hydrogen) atoms. The van der Waals surface area contributed by atoms with E-state index >= 15 is 0 Å². The van der Waals surface area contributed by atoms with Crippen molar-refractivity contribution in [3.8, 4) is 6.07 Å². The van der Waals surface area contributed by atoms with Gasteiger partial charge in [0.15, 0.2) is 0 Å². The van der Waals surface area contributed by atoms with Gasteiger partial charge in [-0.2, -0.15) is 5.26 Å². The van der Waals surface area contributed by atoms with Gasteiger partial charge < -0.3 is 9.47 Å². The molecule has 1 saturated carbocycles. The fourth-order valence-corrected chi connectivity index (χ4v) is 3.56. The average molecular weight is 271 g/mol. The Morgan fingerprint density at radius 1 is 1.40 bits per heavy atom. The van der Waals surface area contributed by atoms with Crippen molar-refractivity contribution in [2.75, 3.05) is 6.61 Å². The summed E-state index contributed by atoms with van der Waals surface area (Å²) in [6.07, 6.45) is 2.69. The van der Waals surface area contributed by atoms with E-state index in [1.165, 1.54) is 5.56 Å². The quantitative estimate of drug-likeness (QED) is 0.843. The third-order valence-electron chi connectivity index (χ3n) is 4.81.